The molecule has 1 aliphatic heterocycles. The molecule has 1 saturated carbocycles. The second-order valence-corrected chi connectivity index (χ2v) is 10.3. The Kier molecular flexibility index (Phi) is 6.31. The van der Waals surface area contributed by atoms with Crippen molar-refractivity contribution in [2.75, 3.05) is 12.0 Å². The Hall–Kier alpha value is -4.29. The van der Waals surface area contributed by atoms with Crippen molar-refractivity contribution in [2.45, 2.75) is 64.3 Å². The van der Waals surface area contributed by atoms with Crippen molar-refractivity contribution in [1.82, 2.24) is 34.3 Å². The second kappa shape index (κ2) is 9.72. The maximum atomic E-state index is 13.3. The molecule has 40 heavy (non-hydrogen) atoms. The molecule has 3 aromatic heterocycles. The van der Waals surface area contributed by atoms with Crippen LogP contribution in [0.1, 0.15) is 62.0 Å². The summed E-state index contributed by atoms with van der Waals surface area (Å²) >= 11 is 0. The number of hydrogen-bond acceptors (Lipinski definition) is 7. The van der Waals surface area contributed by atoms with Gasteiger partial charge in [0, 0.05) is 30.1 Å². The second-order valence-electron chi connectivity index (χ2n) is 10.3. The van der Waals surface area contributed by atoms with Crippen LogP contribution in [-0.4, -0.2) is 47.3 Å². The van der Waals surface area contributed by atoms with Gasteiger partial charge < -0.3 is 9.30 Å². The van der Waals surface area contributed by atoms with E-state index in [0.29, 0.717) is 41.2 Å². The van der Waals surface area contributed by atoms with Crippen LogP contribution in [0.15, 0.2) is 36.8 Å². The van der Waals surface area contributed by atoms with Gasteiger partial charge in [0.15, 0.2) is 11.5 Å². The summed E-state index contributed by atoms with van der Waals surface area (Å²) in [6.45, 7) is 4.22. The smallest absolute Gasteiger partial charge is 0.434 e. The topological polar surface area (TPSA) is 104 Å². The number of hydrogen-bond donors (Lipinski definition) is 0. The molecule has 0 spiro atoms. The molecular weight excluding hydrogens is 525 g/mol. The fraction of sp³-hybridized carbons (Fsp3) is 0.407. The number of alkyl halides is 3. The van der Waals surface area contributed by atoms with Crippen molar-refractivity contribution in [3.05, 3.63) is 53.7 Å². The minimum absolute atomic E-state index is 0.0978. The van der Waals surface area contributed by atoms with Crippen LogP contribution in [0, 0.1) is 0 Å². The average molecular weight is 553 g/mol. The van der Waals surface area contributed by atoms with Gasteiger partial charge in [-0.3, -0.25) is 9.69 Å². The van der Waals surface area contributed by atoms with Gasteiger partial charge in [-0.05, 0) is 32.3 Å². The van der Waals surface area contributed by atoms with E-state index in [1.165, 1.54) is 18.0 Å². The van der Waals surface area contributed by atoms with Crippen molar-refractivity contribution >= 4 is 11.9 Å². The first-order valence-corrected chi connectivity index (χ1v) is 13.0. The first-order chi connectivity index (χ1) is 19.1. The number of anilines is 1. The fourth-order valence-electron chi connectivity index (χ4n) is 4.89. The number of benzene rings is 1. The maximum Gasteiger partial charge on any atom is 0.434 e. The number of nitrogens with zero attached hydrogens (tertiary/aromatic N) is 8. The minimum atomic E-state index is -4.53. The molecule has 1 amide bonds. The summed E-state index contributed by atoms with van der Waals surface area (Å²) in [5.74, 6) is 1.65. The van der Waals surface area contributed by atoms with Crippen molar-refractivity contribution < 1.29 is 22.7 Å². The monoisotopic (exact) mass is 552 g/mol. The van der Waals surface area contributed by atoms with Crippen molar-refractivity contribution in [2.24, 2.45) is 0 Å². The lowest BCUT2D eigenvalue weighted by Crippen LogP contribution is -2.37. The van der Waals surface area contributed by atoms with Crippen LogP contribution in [0.4, 0.5) is 19.1 Å². The van der Waals surface area contributed by atoms with Crippen LogP contribution in [-0.2, 0) is 24.1 Å². The van der Waals surface area contributed by atoms with Gasteiger partial charge in [0.2, 0.25) is 17.7 Å². The first-order valence-electron chi connectivity index (χ1n) is 13.0. The maximum absolute atomic E-state index is 13.3. The predicted octanol–water partition coefficient (Wildman–Crippen LogP) is 5.02. The Balaban J connectivity index is 1.30. The van der Waals surface area contributed by atoms with Crippen LogP contribution in [0.5, 0.6) is 5.88 Å². The number of fused-ring (bicyclic) bond motifs is 1. The quantitative estimate of drug-likeness (QED) is 0.317. The summed E-state index contributed by atoms with van der Waals surface area (Å²) in [7, 11) is 1.54. The number of aromatic nitrogens is 7. The van der Waals surface area contributed by atoms with Crippen LogP contribution < -0.4 is 9.64 Å². The molecule has 0 bridgehead atoms. The molecule has 13 heteroatoms. The van der Waals surface area contributed by atoms with Gasteiger partial charge in [-0.15, -0.1) is 5.10 Å². The van der Waals surface area contributed by atoms with Gasteiger partial charge in [-0.25, -0.2) is 19.6 Å². The zero-order chi connectivity index (χ0) is 28.2. The molecule has 208 valence electrons. The number of carbonyl (C=O) groups is 1. The van der Waals surface area contributed by atoms with Gasteiger partial charge in [0.05, 0.1) is 25.9 Å². The highest BCUT2D eigenvalue weighted by molar-refractivity contribution is 5.93. The molecule has 0 saturated heterocycles. The van der Waals surface area contributed by atoms with E-state index in [-0.39, 0.29) is 30.7 Å². The van der Waals surface area contributed by atoms with E-state index in [1.807, 2.05) is 0 Å². The molecule has 0 atom stereocenters. The Morgan fingerprint density at radius 1 is 1.10 bits per heavy atom. The molecular formula is C27H27F3N8O2. The Morgan fingerprint density at radius 2 is 1.85 bits per heavy atom. The van der Waals surface area contributed by atoms with Gasteiger partial charge >= 0.3 is 6.18 Å². The predicted molar refractivity (Wildman–Crippen MR) is 138 cm³/mol. The van der Waals surface area contributed by atoms with Gasteiger partial charge in [-0.2, -0.15) is 18.2 Å². The highest BCUT2D eigenvalue weighted by Crippen LogP contribution is 2.45. The Bertz CT molecular complexity index is 1570. The SMILES string of the molecule is COc1ncnc(C2CC2)c1-c1nc2n(n1)CCC(=O)N2Cc1ccc(-c2nc(C(F)(F)F)cn2C(C)C)cc1. The zero-order valence-electron chi connectivity index (χ0n) is 22.2. The molecule has 10 nitrogen and oxygen atoms in total. The van der Waals surface area contributed by atoms with Crippen molar-refractivity contribution in [3.63, 3.8) is 0 Å². The van der Waals surface area contributed by atoms with Crippen molar-refractivity contribution in [3.8, 4) is 28.7 Å². The molecule has 1 aromatic carbocycles. The highest BCUT2D eigenvalue weighted by atomic mass is 19.4. The number of amides is 1. The average Bonchev–Trinajstić information content (AvgIpc) is 3.51. The third-order valence-corrected chi connectivity index (χ3v) is 7.09. The molecule has 1 fully saturated rings. The number of aryl methyl sites for hydroxylation is 1. The van der Waals surface area contributed by atoms with E-state index in [4.69, 9.17) is 9.72 Å². The molecule has 4 heterocycles. The third kappa shape index (κ3) is 4.69. The molecule has 4 aromatic rings. The lowest BCUT2D eigenvalue weighted by Gasteiger charge is -2.26. The van der Waals surface area contributed by atoms with Gasteiger partial charge in [0.1, 0.15) is 17.7 Å². The number of carbonyl (C=O) groups excluding carboxylic acids is 1. The van der Waals surface area contributed by atoms with Crippen molar-refractivity contribution in [1.29, 1.82) is 0 Å². The normalized spacial score (nSPS) is 15.6. The molecule has 0 radical (unpaired) electrons. The lowest BCUT2D eigenvalue weighted by atomic mass is 10.1. The van der Waals surface area contributed by atoms with Crippen LogP contribution in [0.25, 0.3) is 22.8 Å². The van der Waals surface area contributed by atoms with E-state index in [0.717, 1.165) is 30.3 Å². The van der Waals surface area contributed by atoms with Gasteiger partial charge in [0.25, 0.3) is 0 Å². The minimum Gasteiger partial charge on any atom is -0.480 e. The summed E-state index contributed by atoms with van der Waals surface area (Å²) < 4.78 is 48.7. The third-order valence-electron chi connectivity index (χ3n) is 7.09. The van der Waals surface area contributed by atoms with E-state index in [9.17, 15) is 18.0 Å². The standard InChI is InChI=1S/C27H27F3N8O2/c1-15(2)36-13-19(27(28,29)30)33-24(36)18-6-4-16(5-7-18)12-37-20(39)10-11-38-26(37)34-23(35-38)21-22(17-8-9-17)31-14-32-25(21)40-3/h4-7,13-15,17H,8-12H2,1-3H3. The first kappa shape index (κ1) is 26.0. The highest BCUT2D eigenvalue weighted by Gasteiger charge is 2.36. The molecule has 1 aliphatic carbocycles. The molecule has 0 N–H and O–H groups in total. The lowest BCUT2D eigenvalue weighted by molar-refractivity contribution is -0.140. The van der Waals surface area contributed by atoms with E-state index in [1.54, 1.807) is 47.7 Å². The van der Waals surface area contributed by atoms with E-state index < -0.39 is 11.9 Å². The number of methoxy groups -OCH3 is 1. The molecule has 6 rings (SSSR count). The van der Waals surface area contributed by atoms with E-state index in [2.05, 4.69) is 20.1 Å². The summed E-state index contributed by atoms with van der Waals surface area (Å²) in [5.41, 5.74) is 1.89. The number of imidazole rings is 1. The Morgan fingerprint density at radius 3 is 2.50 bits per heavy atom. The van der Waals surface area contributed by atoms with Crippen LogP contribution >= 0.6 is 0 Å². The summed E-state index contributed by atoms with van der Waals surface area (Å²) in [6, 6.07) is 6.79. The summed E-state index contributed by atoms with van der Waals surface area (Å²) in [5, 5.41) is 4.68. The van der Waals surface area contributed by atoms with Crippen LogP contribution in [0.3, 0.4) is 0 Å². The number of rotatable bonds is 7. The largest absolute Gasteiger partial charge is 0.480 e. The molecule has 0 unspecified atom stereocenters. The molecule has 2 aliphatic rings. The Labute approximate surface area is 227 Å². The fourth-order valence-corrected chi connectivity index (χ4v) is 4.89. The van der Waals surface area contributed by atoms with Gasteiger partial charge in [-0.1, -0.05) is 24.3 Å². The zero-order valence-corrected chi connectivity index (χ0v) is 22.2. The summed E-state index contributed by atoms with van der Waals surface area (Å²) in [4.78, 5) is 31.9. The number of ether oxygens (including phenoxy) is 1. The van der Waals surface area contributed by atoms with Crippen LogP contribution in [0.2, 0.25) is 0 Å². The summed E-state index contributed by atoms with van der Waals surface area (Å²) in [6.07, 6.45) is 0.285. The number of halogens is 3. The van der Waals surface area contributed by atoms with E-state index >= 15 is 0 Å².